The first-order valence-corrected chi connectivity index (χ1v) is 5.41. The first-order chi connectivity index (χ1) is 8.81. The molecule has 0 N–H and O–H groups in total. The number of hydrogen-bond acceptors (Lipinski definition) is 5. The zero-order valence-electron chi connectivity index (χ0n) is 9.87. The van der Waals surface area contributed by atoms with Gasteiger partial charge in [-0.3, -0.25) is 4.79 Å². The first kappa shape index (κ1) is 12.0. The summed E-state index contributed by atoms with van der Waals surface area (Å²) in [6.07, 6.45) is 1.50. The van der Waals surface area contributed by atoms with Gasteiger partial charge in [-0.15, -0.1) is 0 Å². The molecule has 2 aromatic rings. The number of benzene rings is 1. The normalized spacial score (nSPS) is 10.7. The van der Waals surface area contributed by atoms with Crippen molar-refractivity contribution in [2.75, 3.05) is 7.11 Å². The van der Waals surface area contributed by atoms with Gasteiger partial charge in [-0.1, -0.05) is 40.6 Å². The highest BCUT2D eigenvalue weighted by atomic mass is 16.6. The third-order valence-electron chi connectivity index (χ3n) is 2.31. The second-order valence-corrected chi connectivity index (χ2v) is 3.54. The van der Waals surface area contributed by atoms with Gasteiger partial charge >= 0.3 is 0 Å². The topological polar surface area (TPSA) is 64.7 Å². The van der Waals surface area contributed by atoms with E-state index >= 15 is 0 Å². The summed E-state index contributed by atoms with van der Waals surface area (Å²) in [5, 5.41) is 7.36. The summed E-state index contributed by atoms with van der Waals surface area (Å²) >= 11 is 0. The van der Waals surface area contributed by atoms with Gasteiger partial charge in [0.25, 0.3) is 0 Å². The summed E-state index contributed by atoms with van der Waals surface area (Å²) in [4.78, 5) is 16.2. The fourth-order valence-corrected chi connectivity index (χ4v) is 1.45. The van der Waals surface area contributed by atoms with E-state index in [1.54, 1.807) is 6.07 Å². The van der Waals surface area contributed by atoms with E-state index in [9.17, 15) is 4.79 Å². The second kappa shape index (κ2) is 5.77. The molecule has 0 aliphatic heterocycles. The molecule has 0 saturated heterocycles. The van der Waals surface area contributed by atoms with Crippen molar-refractivity contribution in [2.24, 2.45) is 5.16 Å². The largest absolute Gasteiger partial charge is 0.399 e. The number of carbonyl (C=O) groups excluding carboxylic acids is 1. The Kier molecular flexibility index (Phi) is 3.86. The molecule has 5 nitrogen and oxygen atoms in total. The van der Waals surface area contributed by atoms with Gasteiger partial charge in [0, 0.05) is 11.6 Å². The smallest absolute Gasteiger partial charge is 0.206 e. The maximum atomic E-state index is 11.7. The number of carbonyl (C=O) groups is 1. The van der Waals surface area contributed by atoms with E-state index in [1.165, 1.54) is 13.3 Å². The summed E-state index contributed by atoms with van der Waals surface area (Å²) in [6.45, 7) is 0. The van der Waals surface area contributed by atoms with Gasteiger partial charge in [-0.25, -0.2) is 0 Å². The predicted molar refractivity (Wildman–Crippen MR) is 66.4 cm³/mol. The molecular weight excluding hydrogens is 232 g/mol. The van der Waals surface area contributed by atoms with E-state index in [4.69, 9.17) is 4.52 Å². The molecule has 0 fully saturated rings. The van der Waals surface area contributed by atoms with Crippen molar-refractivity contribution >= 4 is 12.0 Å². The fraction of sp³-hybridized carbons (Fsp3) is 0.154. The van der Waals surface area contributed by atoms with Crippen LogP contribution in [0.4, 0.5) is 0 Å². The molecule has 1 heterocycles. The van der Waals surface area contributed by atoms with Gasteiger partial charge in [-0.2, -0.15) is 0 Å². The molecule has 0 unspecified atom stereocenters. The Morgan fingerprint density at radius 3 is 2.94 bits per heavy atom. The number of rotatable bonds is 5. The highest BCUT2D eigenvalue weighted by Gasteiger charge is 2.12. The van der Waals surface area contributed by atoms with Gasteiger partial charge in [0.2, 0.25) is 11.5 Å². The lowest BCUT2D eigenvalue weighted by molar-refractivity contribution is 0.0965. The Hall–Kier alpha value is -2.43. The van der Waals surface area contributed by atoms with E-state index in [1.807, 2.05) is 30.3 Å². The molecule has 0 bridgehead atoms. The van der Waals surface area contributed by atoms with Crippen LogP contribution in [0.2, 0.25) is 0 Å². The number of hydrogen-bond donors (Lipinski definition) is 0. The molecule has 0 aliphatic rings. The van der Waals surface area contributed by atoms with Gasteiger partial charge in [0.1, 0.15) is 12.8 Å². The summed E-state index contributed by atoms with van der Waals surface area (Å²) < 4.78 is 5.01. The fourth-order valence-electron chi connectivity index (χ4n) is 1.45. The zero-order chi connectivity index (χ0) is 12.8. The highest BCUT2D eigenvalue weighted by Crippen LogP contribution is 2.18. The number of nitrogens with zero attached hydrogens (tertiary/aromatic N) is 2. The molecule has 0 amide bonds. The predicted octanol–water partition coefficient (Wildman–Crippen LogP) is 2.55. The molecule has 2 rings (SSSR count). The summed E-state index contributed by atoms with van der Waals surface area (Å²) in [5.74, 6) is 0.0295. The number of aromatic nitrogens is 1. The maximum absolute atomic E-state index is 11.7. The van der Waals surface area contributed by atoms with Crippen LogP contribution in [0, 0.1) is 0 Å². The minimum Gasteiger partial charge on any atom is -0.399 e. The Balaban J connectivity index is 2.11. The van der Waals surface area contributed by atoms with Crippen molar-refractivity contribution in [3.8, 4) is 11.3 Å². The van der Waals surface area contributed by atoms with Crippen molar-refractivity contribution in [3.63, 3.8) is 0 Å². The van der Waals surface area contributed by atoms with Crippen LogP contribution in [0.5, 0.6) is 0 Å². The average Bonchev–Trinajstić information content (AvgIpc) is 2.89. The lowest BCUT2D eigenvalue weighted by atomic mass is 10.1. The Morgan fingerprint density at radius 2 is 2.22 bits per heavy atom. The Morgan fingerprint density at radius 1 is 1.44 bits per heavy atom. The van der Waals surface area contributed by atoms with Gasteiger partial charge in [-0.05, 0) is 0 Å². The van der Waals surface area contributed by atoms with Crippen molar-refractivity contribution < 1.29 is 14.2 Å². The van der Waals surface area contributed by atoms with Gasteiger partial charge in [0.15, 0.2) is 0 Å². The van der Waals surface area contributed by atoms with E-state index in [2.05, 4.69) is 15.1 Å². The number of ketones is 1. The minimum absolute atomic E-state index is 0.122. The Labute approximate surface area is 104 Å². The van der Waals surface area contributed by atoms with Crippen LogP contribution >= 0.6 is 0 Å². The molecular formula is C13H12N2O3. The van der Waals surface area contributed by atoms with E-state index in [-0.39, 0.29) is 18.0 Å². The van der Waals surface area contributed by atoms with Crippen molar-refractivity contribution in [1.29, 1.82) is 0 Å². The lowest BCUT2D eigenvalue weighted by Crippen LogP contribution is -1.97. The van der Waals surface area contributed by atoms with Crippen LogP contribution in [0.1, 0.15) is 17.0 Å². The molecule has 0 radical (unpaired) electrons. The molecule has 18 heavy (non-hydrogen) atoms. The van der Waals surface area contributed by atoms with Gasteiger partial charge in [0.05, 0.1) is 12.6 Å². The quantitative estimate of drug-likeness (QED) is 0.460. The molecule has 0 spiro atoms. The third-order valence-corrected chi connectivity index (χ3v) is 2.31. The van der Waals surface area contributed by atoms with Gasteiger partial charge < -0.3 is 9.36 Å². The van der Waals surface area contributed by atoms with Crippen LogP contribution < -0.4 is 0 Å². The molecule has 0 atom stereocenters. The van der Waals surface area contributed by atoms with Crippen LogP contribution in [0.25, 0.3) is 11.3 Å². The SMILES string of the molecule is CON=CCC(=O)c1cc(-c2ccccc2)no1. The third kappa shape index (κ3) is 2.82. The summed E-state index contributed by atoms with van der Waals surface area (Å²) in [7, 11) is 1.42. The molecule has 1 aromatic carbocycles. The molecule has 1 aromatic heterocycles. The van der Waals surface area contributed by atoms with Crippen LogP contribution in [-0.4, -0.2) is 24.3 Å². The zero-order valence-corrected chi connectivity index (χ0v) is 9.87. The van der Waals surface area contributed by atoms with Crippen molar-refractivity contribution in [1.82, 2.24) is 5.16 Å². The van der Waals surface area contributed by atoms with E-state index < -0.39 is 0 Å². The van der Waals surface area contributed by atoms with Crippen LogP contribution in [0.15, 0.2) is 46.1 Å². The van der Waals surface area contributed by atoms with Crippen molar-refractivity contribution in [3.05, 3.63) is 42.2 Å². The number of Topliss-reactive ketones (excluding diaryl/α,β-unsaturated/α-hetero) is 1. The molecule has 0 saturated carbocycles. The monoisotopic (exact) mass is 244 g/mol. The standard InChI is InChI=1S/C13H12N2O3/c1-17-14-8-7-12(16)13-9-11(15-18-13)10-5-3-2-4-6-10/h2-6,8-9H,7H2,1H3. The van der Waals surface area contributed by atoms with Crippen molar-refractivity contribution in [2.45, 2.75) is 6.42 Å². The van der Waals surface area contributed by atoms with Crippen LogP contribution in [-0.2, 0) is 4.84 Å². The first-order valence-electron chi connectivity index (χ1n) is 5.41. The second-order valence-electron chi connectivity index (χ2n) is 3.54. The Bertz CT molecular complexity index is 546. The molecule has 5 heteroatoms. The highest BCUT2D eigenvalue weighted by molar-refractivity contribution is 6.02. The molecule has 0 aliphatic carbocycles. The number of oxime groups is 1. The average molecular weight is 244 g/mol. The van der Waals surface area contributed by atoms with E-state index in [0.29, 0.717) is 5.69 Å². The van der Waals surface area contributed by atoms with Crippen LogP contribution in [0.3, 0.4) is 0 Å². The lowest BCUT2D eigenvalue weighted by Gasteiger charge is -1.91. The maximum Gasteiger partial charge on any atom is 0.206 e. The summed E-state index contributed by atoms with van der Waals surface area (Å²) in [5.41, 5.74) is 1.55. The summed E-state index contributed by atoms with van der Waals surface area (Å²) in [6, 6.07) is 11.1. The molecule has 92 valence electrons. The van der Waals surface area contributed by atoms with E-state index in [0.717, 1.165) is 5.56 Å². The minimum atomic E-state index is -0.189.